The van der Waals surface area contributed by atoms with Gasteiger partial charge in [0.05, 0.1) is 0 Å². The second-order valence-corrected chi connectivity index (χ2v) is 5.26. The van der Waals surface area contributed by atoms with Crippen molar-refractivity contribution >= 4 is 11.7 Å². The summed E-state index contributed by atoms with van der Waals surface area (Å²) < 4.78 is 0. The van der Waals surface area contributed by atoms with E-state index in [9.17, 15) is 0 Å². The number of hydrogen-bond donors (Lipinski definition) is 3. The van der Waals surface area contributed by atoms with Crippen LogP contribution in [-0.2, 0) is 0 Å². The summed E-state index contributed by atoms with van der Waals surface area (Å²) in [6.07, 6.45) is 0. The fourth-order valence-electron chi connectivity index (χ4n) is 2.40. The van der Waals surface area contributed by atoms with Crippen molar-refractivity contribution in [3.05, 3.63) is 96.1 Å². The van der Waals surface area contributed by atoms with E-state index in [-0.39, 0.29) is 5.84 Å². The van der Waals surface area contributed by atoms with Crippen LogP contribution in [0.2, 0.25) is 0 Å². The van der Waals surface area contributed by atoms with Gasteiger partial charge in [-0.25, -0.2) is 10.8 Å². The molecule has 4 nitrogen and oxygen atoms in total. The predicted octanol–water partition coefficient (Wildman–Crippen LogP) is 3.59. The van der Waals surface area contributed by atoms with E-state index in [1.165, 1.54) is 0 Å². The second kappa shape index (κ2) is 7.35. The maximum Gasteiger partial charge on any atom is 0.154 e. The first-order chi connectivity index (χ1) is 11.8. The molecule has 0 unspecified atom stereocenters. The third kappa shape index (κ3) is 3.56. The van der Waals surface area contributed by atoms with Crippen LogP contribution in [0.3, 0.4) is 0 Å². The van der Waals surface area contributed by atoms with Crippen molar-refractivity contribution < 1.29 is 0 Å². The third-order valence-corrected chi connectivity index (χ3v) is 3.67. The van der Waals surface area contributed by atoms with Crippen LogP contribution in [0.25, 0.3) is 11.1 Å². The number of nitrogens with one attached hydrogen (secondary N) is 2. The zero-order valence-electron chi connectivity index (χ0n) is 13.1. The van der Waals surface area contributed by atoms with Crippen LogP contribution in [0.15, 0.2) is 89.9 Å². The molecule has 0 heterocycles. The SMILES string of the molecule is N=C(/N=C(\NN)c1ccccc1)c1ccc(-c2ccccc2)cc1. The van der Waals surface area contributed by atoms with Crippen LogP contribution < -0.4 is 11.3 Å². The smallest absolute Gasteiger partial charge is 0.154 e. The van der Waals surface area contributed by atoms with Gasteiger partial charge in [-0.2, -0.15) is 0 Å². The number of hydrogen-bond acceptors (Lipinski definition) is 2. The highest BCUT2D eigenvalue weighted by Gasteiger charge is 2.05. The average molecular weight is 314 g/mol. The molecule has 4 heteroatoms. The fourth-order valence-corrected chi connectivity index (χ4v) is 2.40. The highest BCUT2D eigenvalue weighted by atomic mass is 15.3. The summed E-state index contributed by atoms with van der Waals surface area (Å²) in [5, 5.41) is 8.20. The van der Waals surface area contributed by atoms with E-state index >= 15 is 0 Å². The number of benzene rings is 3. The molecule has 0 aliphatic carbocycles. The first kappa shape index (κ1) is 15.6. The molecule has 24 heavy (non-hydrogen) atoms. The molecule has 3 aromatic rings. The van der Waals surface area contributed by atoms with Gasteiger partial charge >= 0.3 is 0 Å². The average Bonchev–Trinajstić information content (AvgIpc) is 2.67. The summed E-state index contributed by atoms with van der Waals surface area (Å²) in [6.45, 7) is 0. The molecular weight excluding hydrogens is 296 g/mol. The molecule has 0 spiro atoms. The van der Waals surface area contributed by atoms with Gasteiger partial charge in [0.25, 0.3) is 0 Å². The lowest BCUT2D eigenvalue weighted by molar-refractivity contribution is 1.03. The summed E-state index contributed by atoms with van der Waals surface area (Å²) in [5.41, 5.74) is 6.39. The summed E-state index contributed by atoms with van der Waals surface area (Å²) in [4.78, 5) is 4.30. The zero-order valence-corrected chi connectivity index (χ0v) is 13.1. The molecule has 0 atom stereocenters. The van der Waals surface area contributed by atoms with Crippen molar-refractivity contribution in [3.63, 3.8) is 0 Å². The van der Waals surface area contributed by atoms with Crippen molar-refractivity contribution in [1.82, 2.24) is 5.43 Å². The Morgan fingerprint density at radius 2 is 1.25 bits per heavy atom. The summed E-state index contributed by atoms with van der Waals surface area (Å²) in [6, 6.07) is 27.4. The highest BCUT2D eigenvalue weighted by Crippen LogP contribution is 2.19. The van der Waals surface area contributed by atoms with Gasteiger partial charge in [0.1, 0.15) is 5.84 Å². The van der Waals surface area contributed by atoms with Crippen LogP contribution >= 0.6 is 0 Å². The molecule has 0 fully saturated rings. The predicted molar refractivity (Wildman–Crippen MR) is 99.0 cm³/mol. The van der Waals surface area contributed by atoms with E-state index in [0.717, 1.165) is 22.3 Å². The van der Waals surface area contributed by atoms with E-state index in [4.69, 9.17) is 11.3 Å². The van der Waals surface area contributed by atoms with Gasteiger partial charge in [-0.05, 0) is 11.1 Å². The van der Waals surface area contributed by atoms with Crippen molar-refractivity contribution in [2.24, 2.45) is 10.8 Å². The van der Waals surface area contributed by atoms with E-state index in [1.54, 1.807) is 0 Å². The van der Waals surface area contributed by atoms with Crippen LogP contribution in [0.5, 0.6) is 0 Å². The monoisotopic (exact) mass is 314 g/mol. The first-order valence-electron chi connectivity index (χ1n) is 7.63. The van der Waals surface area contributed by atoms with Crippen LogP contribution in [0.4, 0.5) is 0 Å². The first-order valence-corrected chi connectivity index (χ1v) is 7.63. The number of nitrogens with two attached hydrogens (primary N) is 1. The van der Waals surface area contributed by atoms with Crippen LogP contribution in [0, 0.1) is 5.41 Å². The summed E-state index contributed by atoms with van der Waals surface area (Å²) in [7, 11) is 0. The lowest BCUT2D eigenvalue weighted by atomic mass is 10.0. The lowest BCUT2D eigenvalue weighted by Crippen LogP contribution is -2.31. The topological polar surface area (TPSA) is 74.3 Å². The Kier molecular flexibility index (Phi) is 4.79. The minimum absolute atomic E-state index is 0.159. The van der Waals surface area contributed by atoms with Gasteiger partial charge in [0, 0.05) is 11.1 Å². The molecule has 0 saturated heterocycles. The minimum atomic E-state index is 0.159. The Hall–Kier alpha value is -3.24. The Morgan fingerprint density at radius 1 is 0.708 bits per heavy atom. The van der Waals surface area contributed by atoms with Crippen LogP contribution in [0.1, 0.15) is 11.1 Å². The minimum Gasteiger partial charge on any atom is -0.308 e. The van der Waals surface area contributed by atoms with Gasteiger partial charge < -0.3 is 5.43 Å². The molecule has 0 aromatic heterocycles. The number of hydrazine groups is 1. The quantitative estimate of drug-likeness (QED) is 0.299. The molecule has 4 N–H and O–H groups in total. The highest BCUT2D eigenvalue weighted by molar-refractivity contribution is 6.10. The van der Waals surface area contributed by atoms with Crippen molar-refractivity contribution in [2.75, 3.05) is 0 Å². The van der Waals surface area contributed by atoms with E-state index in [2.05, 4.69) is 22.6 Å². The number of amidine groups is 2. The van der Waals surface area contributed by atoms with Crippen molar-refractivity contribution in [1.29, 1.82) is 5.41 Å². The van der Waals surface area contributed by atoms with Gasteiger partial charge in [-0.3, -0.25) is 5.41 Å². The Morgan fingerprint density at radius 3 is 1.83 bits per heavy atom. The zero-order chi connectivity index (χ0) is 16.8. The summed E-state index contributed by atoms with van der Waals surface area (Å²) >= 11 is 0. The van der Waals surface area contributed by atoms with E-state index in [1.807, 2.05) is 72.8 Å². The molecule has 0 radical (unpaired) electrons. The Bertz CT molecular complexity index is 838. The second-order valence-electron chi connectivity index (χ2n) is 5.26. The normalized spacial score (nSPS) is 11.1. The molecule has 0 bridgehead atoms. The van der Waals surface area contributed by atoms with Gasteiger partial charge in [-0.1, -0.05) is 84.9 Å². The number of nitrogens with zero attached hydrogens (tertiary/aromatic N) is 1. The molecule has 118 valence electrons. The molecule has 0 saturated carbocycles. The molecule has 0 amide bonds. The summed E-state index contributed by atoms with van der Waals surface area (Å²) in [5.74, 6) is 6.18. The fraction of sp³-hybridized carbons (Fsp3) is 0. The molecule has 3 rings (SSSR count). The Balaban J connectivity index is 1.84. The van der Waals surface area contributed by atoms with Crippen molar-refractivity contribution in [3.8, 4) is 11.1 Å². The van der Waals surface area contributed by atoms with Crippen molar-refractivity contribution in [2.45, 2.75) is 0 Å². The standard InChI is InChI=1S/C20H18N4/c21-19(23-20(24-22)18-9-5-2-6-10-18)17-13-11-16(12-14-17)15-7-3-1-4-8-15/h1-14H,22H2,(H2,21,23,24). The van der Waals surface area contributed by atoms with Gasteiger partial charge in [0.15, 0.2) is 5.84 Å². The largest absolute Gasteiger partial charge is 0.308 e. The molecule has 0 aliphatic heterocycles. The number of aliphatic imine (C=N–C) groups is 1. The van der Waals surface area contributed by atoms with Crippen LogP contribution in [-0.4, -0.2) is 11.7 Å². The molecule has 3 aromatic carbocycles. The van der Waals surface area contributed by atoms with E-state index in [0.29, 0.717) is 5.84 Å². The maximum absolute atomic E-state index is 8.20. The molecular formula is C20H18N4. The van der Waals surface area contributed by atoms with Gasteiger partial charge in [0.2, 0.25) is 0 Å². The third-order valence-electron chi connectivity index (χ3n) is 3.67. The maximum atomic E-state index is 8.20. The van der Waals surface area contributed by atoms with Gasteiger partial charge in [-0.15, -0.1) is 0 Å². The molecule has 0 aliphatic rings. The van der Waals surface area contributed by atoms with E-state index < -0.39 is 0 Å². The lowest BCUT2D eigenvalue weighted by Gasteiger charge is -2.07. The number of rotatable bonds is 3. The Labute approximate surface area is 141 Å².